The molecule has 20 heavy (non-hydrogen) atoms. The van der Waals surface area contributed by atoms with Crippen molar-refractivity contribution in [3.63, 3.8) is 0 Å². The second kappa shape index (κ2) is 5.36. The monoisotopic (exact) mass is 336 g/mol. The Labute approximate surface area is 131 Å². The lowest BCUT2D eigenvalue weighted by Crippen LogP contribution is -2.57. The Morgan fingerprint density at radius 1 is 1.10 bits per heavy atom. The van der Waals surface area contributed by atoms with Gasteiger partial charge in [-0.15, -0.1) is 0 Å². The van der Waals surface area contributed by atoms with Gasteiger partial charge in [0.05, 0.1) is 0 Å². The van der Waals surface area contributed by atoms with E-state index in [4.69, 9.17) is 4.74 Å². The Kier molecular flexibility index (Phi) is 3.87. The molecule has 0 radical (unpaired) electrons. The van der Waals surface area contributed by atoms with Crippen LogP contribution in [0.25, 0.3) is 0 Å². The van der Waals surface area contributed by atoms with E-state index in [1.807, 2.05) is 0 Å². The van der Waals surface area contributed by atoms with Crippen molar-refractivity contribution in [2.75, 3.05) is 0 Å². The molecule has 1 aromatic rings. The minimum Gasteiger partial charge on any atom is -0.489 e. The number of halogens is 1. The predicted octanol–water partition coefficient (Wildman–Crippen LogP) is 5.48. The Morgan fingerprint density at radius 2 is 1.80 bits per heavy atom. The molecule has 0 bridgehead atoms. The summed E-state index contributed by atoms with van der Waals surface area (Å²) in [5.74, 6) is 1.11. The van der Waals surface area contributed by atoms with Gasteiger partial charge in [0.25, 0.3) is 0 Å². The van der Waals surface area contributed by atoms with E-state index in [9.17, 15) is 0 Å². The minimum absolute atomic E-state index is 0.405. The number of rotatable bonds is 2. The van der Waals surface area contributed by atoms with Gasteiger partial charge in [-0.05, 0) is 62.8 Å². The number of alkyl halides is 1. The highest BCUT2D eigenvalue weighted by molar-refractivity contribution is 9.09. The first kappa shape index (κ1) is 14.4. The van der Waals surface area contributed by atoms with E-state index in [1.165, 1.54) is 48.8 Å². The quantitative estimate of drug-likeness (QED) is 0.650. The average molecular weight is 337 g/mol. The van der Waals surface area contributed by atoms with Gasteiger partial charge >= 0.3 is 0 Å². The molecule has 2 atom stereocenters. The number of ether oxygens (including phenoxy) is 1. The van der Waals surface area contributed by atoms with Gasteiger partial charge < -0.3 is 4.74 Å². The molecule has 2 fully saturated rings. The maximum atomic E-state index is 6.48. The zero-order chi connectivity index (χ0) is 14.3. The van der Waals surface area contributed by atoms with Crippen LogP contribution in [0.4, 0.5) is 0 Å². The van der Waals surface area contributed by atoms with Crippen LogP contribution in [0.3, 0.4) is 0 Å². The van der Waals surface area contributed by atoms with E-state index in [0.29, 0.717) is 16.3 Å². The Morgan fingerprint density at radius 3 is 2.45 bits per heavy atom. The lowest BCUT2D eigenvalue weighted by Gasteiger charge is -2.55. The van der Waals surface area contributed by atoms with Gasteiger partial charge in [-0.3, -0.25) is 0 Å². The number of benzene rings is 1. The van der Waals surface area contributed by atoms with Gasteiger partial charge in [-0.1, -0.05) is 41.3 Å². The van der Waals surface area contributed by atoms with E-state index < -0.39 is 0 Å². The predicted molar refractivity (Wildman–Crippen MR) is 87.9 cm³/mol. The Hall–Kier alpha value is -0.500. The van der Waals surface area contributed by atoms with Crippen LogP contribution in [0.2, 0.25) is 0 Å². The molecule has 2 heteroatoms. The summed E-state index contributed by atoms with van der Waals surface area (Å²) in [6.45, 7) is 6.52. The molecule has 110 valence electrons. The topological polar surface area (TPSA) is 9.23 Å². The summed E-state index contributed by atoms with van der Waals surface area (Å²) >= 11 is 3.90. The number of aryl methyl sites for hydroxylation is 2. The smallest absolute Gasteiger partial charge is 0.123 e. The fourth-order valence-electron chi connectivity index (χ4n) is 3.99. The number of hydrogen-bond donors (Lipinski definition) is 0. The molecule has 1 nitrogen and oxygen atoms in total. The highest BCUT2D eigenvalue weighted by Gasteiger charge is 2.55. The second-order valence-corrected chi connectivity index (χ2v) is 7.91. The summed E-state index contributed by atoms with van der Waals surface area (Å²) < 4.78 is 6.48. The van der Waals surface area contributed by atoms with Crippen molar-refractivity contribution in [1.29, 1.82) is 0 Å². The standard InChI is InChI=1S/C18H25BrO/c1-12-9-13(2)14(3)15(10-12)20-17-11-16(19)18(17)7-5-4-6-8-18/h9-10,16-17H,4-8,11H2,1-3H3. The molecule has 0 aromatic heterocycles. The third-order valence-electron chi connectivity index (χ3n) is 5.50. The van der Waals surface area contributed by atoms with E-state index in [1.54, 1.807) is 0 Å². The van der Waals surface area contributed by atoms with Crippen molar-refractivity contribution in [3.05, 3.63) is 28.8 Å². The zero-order valence-electron chi connectivity index (χ0n) is 12.8. The maximum absolute atomic E-state index is 6.48. The van der Waals surface area contributed by atoms with Crippen LogP contribution >= 0.6 is 15.9 Å². The molecular weight excluding hydrogens is 312 g/mol. The van der Waals surface area contributed by atoms with Crippen molar-refractivity contribution >= 4 is 15.9 Å². The maximum Gasteiger partial charge on any atom is 0.123 e. The molecule has 1 spiro atoms. The molecule has 2 aliphatic rings. The van der Waals surface area contributed by atoms with Gasteiger partial charge in [-0.2, -0.15) is 0 Å². The van der Waals surface area contributed by atoms with Crippen LogP contribution in [-0.2, 0) is 0 Å². The molecule has 2 aliphatic carbocycles. The minimum atomic E-state index is 0.405. The first-order valence-electron chi connectivity index (χ1n) is 7.91. The lowest BCUT2D eigenvalue weighted by atomic mass is 9.58. The van der Waals surface area contributed by atoms with Crippen molar-refractivity contribution < 1.29 is 4.74 Å². The van der Waals surface area contributed by atoms with Crippen molar-refractivity contribution in [3.8, 4) is 5.75 Å². The van der Waals surface area contributed by atoms with Crippen molar-refractivity contribution in [2.45, 2.75) is 70.2 Å². The highest BCUT2D eigenvalue weighted by atomic mass is 79.9. The van der Waals surface area contributed by atoms with Gasteiger partial charge in [0.2, 0.25) is 0 Å². The average Bonchev–Trinajstić information content (AvgIpc) is 2.44. The summed E-state index contributed by atoms with van der Waals surface area (Å²) in [5.41, 5.74) is 4.35. The van der Waals surface area contributed by atoms with Gasteiger partial charge in [-0.25, -0.2) is 0 Å². The molecule has 0 saturated heterocycles. The Balaban J connectivity index is 1.81. The molecule has 2 saturated carbocycles. The summed E-state index contributed by atoms with van der Waals surface area (Å²) in [7, 11) is 0. The zero-order valence-corrected chi connectivity index (χ0v) is 14.4. The summed E-state index contributed by atoms with van der Waals surface area (Å²) in [6.07, 6.45) is 8.37. The first-order valence-corrected chi connectivity index (χ1v) is 8.83. The van der Waals surface area contributed by atoms with Gasteiger partial charge in [0.1, 0.15) is 11.9 Å². The number of hydrogen-bond acceptors (Lipinski definition) is 1. The SMILES string of the molecule is Cc1cc(C)c(C)c(OC2CC(Br)C23CCCCC3)c1. The normalized spacial score (nSPS) is 28.2. The van der Waals surface area contributed by atoms with Crippen molar-refractivity contribution in [1.82, 2.24) is 0 Å². The molecular formula is C18H25BrO. The van der Waals surface area contributed by atoms with Crippen LogP contribution < -0.4 is 4.74 Å². The van der Waals surface area contributed by atoms with E-state index in [0.717, 1.165) is 12.2 Å². The van der Waals surface area contributed by atoms with Crippen LogP contribution in [0.1, 0.15) is 55.2 Å². The Bertz CT molecular complexity index is 502. The van der Waals surface area contributed by atoms with Crippen LogP contribution in [0, 0.1) is 26.2 Å². The van der Waals surface area contributed by atoms with Crippen molar-refractivity contribution in [2.24, 2.45) is 5.41 Å². The third-order valence-corrected chi connectivity index (χ3v) is 6.79. The summed E-state index contributed by atoms with van der Waals surface area (Å²) in [5, 5.41) is 0. The van der Waals surface area contributed by atoms with Crippen LogP contribution in [-0.4, -0.2) is 10.9 Å². The molecule has 0 N–H and O–H groups in total. The highest BCUT2D eigenvalue weighted by Crippen LogP contribution is 2.56. The summed E-state index contributed by atoms with van der Waals surface area (Å²) in [6, 6.07) is 4.45. The van der Waals surface area contributed by atoms with E-state index >= 15 is 0 Å². The largest absolute Gasteiger partial charge is 0.489 e. The molecule has 0 aliphatic heterocycles. The second-order valence-electron chi connectivity index (χ2n) is 6.81. The molecule has 1 aromatic carbocycles. The van der Waals surface area contributed by atoms with Crippen LogP contribution in [0.15, 0.2) is 12.1 Å². The van der Waals surface area contributed by atoms with Gasteiger partial charge in [0, 0.05) is 10.2 Å². The fraction of sp³-hybridized carbons (Fsp3) is 0.667. The molecule has 0 amide bonds. The molecule has 0 heterocycles. The van der Waals surface area contributed by atoms with Gasteiger partial charge in [0.15, 0.2) is 0 Å². The third kappa shape index (κ3) is 2.30. The first-order chi connectivity index (χ1) is 9.53. The van der Waals surface area contributed by atoms with E-state index in [-0.39, 0.29) is 0 Å². The van der Waals surface area contributed by atoms with E-state index in [2.05, 4.69) is 48.8 Å². The fourth-order valence-corrected chi connectivity index (χ4v) is 5.08. The lowest BCUT2D eigenvalue weighted by molar-refractivity contribution is -0.0604. The molecule has 2 unspecified atom stereocenters. The summed E-state index contributed by atoms with van der Waals surface area (Å²) in [4.78, 5) is 0.659. The van der Waals surface area contributed by atoms with Crippen LogP contribution in [0.5, 0.6) is 5.75 Å². The molecule has 3 rings (SSSR count).